The molecule has 2 heterocycles. The molecule has 244 valence electrons. The van der Waals surface area contributed by atoms with Crippen LogP contribution in [0.25, 0.3) is 0 Å². The first-order chi connectivity index (χ1) is 27.7. The lowest BCUT2D eigenvalue weighted by molar-refractivity contribution is -0.117. The highest BCUT2D eigenvalue weighted by molar-refractivity contribution is 6.74. The van der Waals surface area contributed by atoms with E-state index in [1.807, 2.05) is 0 Å². The monoisotopic (exact) mass is 659 g/mol. The Morgan fingerprint density at radius 3 is 2.22 bits per heavy atom. The second kappa shape index (κ2) is 13.5. The van der Waals surface area contributed by atoms with Crippen molar-refractivity contribution in [3.05, 3.63) is 135 Å². The van der Waals surface area contributed by atoms with E-state index in [0.29, 0.717) is 0 Å². The molecular weight excluding hydrogens is 600 g/mol. The van der Waals surface area contributed by atoms with Crippen LogP contribution in [0.1, 0.15) is 64.2 Å². The zero-order valence-corrected chi connectivity index (χ0v) is 27.1. The highest BCUT2D eigenvalue weighted by atomic mass is 28.4. The molecule has 0 spiro atoms. The zero-order valence-electron chi connectivity index (χ0n) is 41.1. The van der Waals surface area contributed by atoms with Crippen molar-refractivity contribution < 1.29 is 43.9 Å². The summed E-state index contributed by atoms with van der Waals surface area (Å²) in [6.07, 6.45) is -18.3. The maximum Gasteiger partial charge on any atom is 0.330 e. The fourth-order valence-corrected chi connectivity index (χ4v) is 4.99. The first kappa shape index (κ1) is 19.1. The Kier molecular flexibility index (Phi) is 5.62. The third-order valence-electron chi connectivity index (χ3n) is 7.85. The van der Waals surface area contributed by atoms with Crippen molar-refractivity contribution in [1.82, 2.24) is 9.55 Å². The highest BCUT2D eigenvalue weighted by Crippen LogP contribution is 2.46. The minimum atomic E-state index is -4.31. The lowest BCUT2D eigenvalue weighted by Crippen LogP contribution is -2.48. The number of methoxy groups -OCH3 is 2. The predicted octanol–water partition coefficient (Wildman–Crippen LogP) is 5.86. The van der Waals surface area contributed by atoms with Crippen LogP contribution in [0.15, 0.2) is 107 Å². The smallest absolute Gasteiger partial charge is 0.330 e. The van der Waals surface area contributed by atoms with Crippen LogP contribution in [0.2, 0.25) is 18.1 Å². The van der Waals surface area contributed by atoms with Gasteiger partial charge < -0.3 is 23.4 Å². The Balaban J connectivity index is 2.09. The molecule has 0 radical (unpaired) electrons. The van der Waals surface area contributed by atoms with Gasteiger partial charge in [-0.1, -0.05) is 93.5 Å². The summed E-state index contributed by atoms with van der Waals surface area (Å²) in [5.41, 5.74) is -6.77. The summed E-state index contributed by atoms with van der Waals surface area (Å²) in [5.74, 6) is -0.137. The molecule has 3 aromatic carbocycles. The van der Waals surface area contributed by atoms with Crippen molar-refractivity contribution in [2.24, 2.45) is 0 Å². The van der Waals surface area contributed by atoms with E-state index in [0.717, 1.165) is 0 Å². The van der Waals surface area contributed by atoms with Gasteiger partial charge in [-0.2, -0.15) is 0 Å². The van der Waals surface area contributed by atoms with Gasteiger partial charge in [0.1, 0.15) is 29.6 Å². The molecular formula is C36H44N2O7Si. The van der Waals surface area contributed by atoms with E-state index in [1.54, 1.807) is 25.8 Å². The van der Waals surface area contributed by atoms with Crippen molar-refractivity contribution in [3.63, 3.8) is 0 Å². The second-order valence-corrected chi connectivity index (χ2v) is 16.4. The highest BCUT2D eigenvalue weighted by Gasteiger charge is 2.53. The molecule has 4 aromatic rings. The van der Waals surface area contributed by atoms with Crippen LogP contribution in [0.3, 0.4) is 0 Å². The number of benzene rings is 3. The third kappa shape index (κ3) is 6.54. The molecule has 0 saturated carbocycles. The largest absolute Gasteiger partial charge is 0.497 e. The van der Waals surface area contributed by atoms with Crippen LogP contribution < -0.4 is 16.0 Å². The predicted molar refractivity (Wildman–Crippen MR) is 180 cm³/mol. The number of H-pyrrole nitrogens is 1. The average Bonchev–Trinajstić information content (AvgIpc) is 3.25. The van der Waals surface area contributed by atoms with Crippen LogP contribution in [-0.4, -0.2) is 56.8 Å². The summed E-state index contributed by atoms with van der Waals surface area (Å²) in [6.45, 7) is 4.32. The van der Waals surface area contributed by atoms with Crippen LogP contribution in [0.5, 0.6) is 5.75 Å². The lowest BCUT2D eigenvalue weighted by atomic mass is 9.79. The molecule has 1 aliphatic heterocycles. The van der Waals surface area contributed by atoms with Gasteiger partial charge in [0.25, 0.3) is 5.56 Å². The summed E-state index contributed by atoms with van der Waals surface area (Å²) in [5, 5.41) is -0.871. The molecule has 1 N–H and O–H groups in total. The van der Waals surface area contributed by atoms with Crippen molar-refractivity contribution in [1.29, 1.82) is 0 Å². The summed E-state index contributed by atoms with van der Waals surface area (Å²) >= 11 is 0. The third-order valence-corrected chi connectivity index (χ3v) is 12.1. The number of hydrogen-bond acceptors (Lipinski definition) is 7. The molecule has 1 aromatic heterocycles. The Morgan fingerprint density at radius 1 is 0.978 bits per heavy atom. The van der Waals surface area contributed by atoms with E-state index < -0.39 is 98.1 Å². The summed E-state index contributed by atoms with van der Waals surface area (Å²) in [4.78, 5) is 27.9. The van der Waals surface area contributed by atoms with E-state index in [4.69, 9.17) is 34.3 Å². The Bertz CT molecular complexity index is 2400. The number of hydrogen-bond donors (Lipinski definition) is 1. The van der Waals surface area contributed by atoms with Crippen molar-refractivity contribution in [3.8, 4) is 5.75 Å². The van der Waals surface area contributed by atoms with Gasteiger partial charge in [-0.15, -0.1) is 0 Å². The molecule has 5 rings (SSSR count). The molecule has 1 aliphatic rings. The molecule has 0 unspecified atom stereocenters. The first-order valence-corrected chi connectivity index (χ1v) is 17.0. The van der Waals surface area contributed by atoms with Crippen molar-refractivity contribution >= 4 is 8.32 Å². The summed E-state index contributed by atoms with van der Waals surface area (Å²) in [6, 6.07) is 9.59. The minimum absolute atomic E-state index is 0.0859. The van der Waals surface area contributed by atoms with Crippen molar-refractivity contribution in [2.75, 3.05) is 20.7 Å². The topological polar surface area (TPSA) is 101 Å². The van der Waals surface area contributed by atoms with Crippen LogP contribution >= 0.6 is 0 Å². The van der Waals surface area contributed by atoms with Crippen LogP contribution in [0.4, 0.5) is 0 Å². The van der Waals surface area contributed by atoms with Crippen molar-refractivity contribution in [2.45, 2.75) is 68.9 Å². The number of nitrogens with zero attached hydrogens (tertiary/aromatic N) is 1. The van der Waals surface area contributed by atoms with E-state index in [9.17, 15) is 19.2 Å². The Morgan fingerprint density at radius 2 is 1.63 bits per heavy atom. The number of aromatic amines is 1. The van der Waals surface area contributed by atoms with E-state index in [1.165, 1.54) is 80.9 Å². The molecule has 46 heavy (non-hydrogen) atoms. The van der Waals surface area contributed by atoms with Gasteiger partial charge in [0.2, 0.25) is 0 Å². The van der Waals surface area contributed by atoms with Gasteiger partial charge in [-0.3, -0.25) is 14.3 Å². The molecule has 0 bridgehead atoms. The number of ether oxygens (including phenoxy) is 4. The first-order valence-electron chi connectivity index (χ1n) is 21.6. The van der Waals surface area contributed by atoms with Gasteiger partial charge >= 0.3 is 5.69 Å². The number of rotatable bonds is 11. The summed E-state index contributed by atoms with van der Waals surface area (Å²) < 4.78 is 164. The van der Waals surface area contributed by atoms with Crippen LogP contribution in [-0.2, 0) is 24.2 Å². The molecule has 10 heteroatoms. The normalized spacial score (nSPS) is 32.2. The Hall–Kier alpha value is -3.80. The van der Waals surface area contributed by atoms with Crippen LogP contribution in [0, 0.1) is 0 Å². The standard InChI is InChI=1S/C36H44N2O7Si/c1-35(2,3)46(6,7)43-24-29-31(32(42-5)33(44-29)38-23-22-30(39)37-34(38)40)45-36(25-14-10-8-11-15-25,26-16-12-9-13-17-26)27-18-20-28(41-4)21-19-27/h8-23,29,31-33H,24H2,1-7H3,(H,37,39,40)/t29-,31-,32-,33-/m1/s1/i5D3,8D,9D,18D,20D,22D,23D,24D2,29D,31D,32D,33D. The van der Waals surface area contributed by atoms with E-state index in [2.05, 4.69) is 0 Å². The Labute approximate surface area is 292 Å². The fourth-order valence-electron chi connectivity index (χ4n) is 4.34. The molecule has 9 nitrogen and oxygen atoms in total. The maximum absolute atomic E-state index is 13.7. The maximum atomic E-state index is 13.7. The second-order valence-electron chi connectivity index (χ2n) is 11.7. The van der Waals surface area contributed by atoms with Gasteiger partial charge in [-0.05, 0) is 46.9 Å². The SMILES string of the molecule is [2H]c1ccc(C(O[C@@]2([2H])[C@@]([2H])(OC([2H])([2H])[2H])[C@]([2H])(n3c([2H])c([2H])c(=O)[nH]c3=O)O[C@]2([2H])C([2H])([2H])O[Si](C)(C)C(C)(C)C)(c2ccc([2H])cc2)c2ccc(OC)c([2H])c2[2H])cc1. The molecule has 0 amide bonds. The molecule has 4 atom stereocenters. The molecule has 0 aliphatic carbocycles. The van der Waals surface area contributed by atoms with Gasteiger partial charge in [0.05, 0.1) is 34.2 Å². The van der Waals surface area contributed by atoms with Gasteiger partial charge in [0.15, 0.2) is 14.5 Å². The molecule has 1 fully saturated rings. The van der Waals surface area contributed by atoms with E-state index >= 15 is 0 Å². The lowest BCUT2D eigenvalue weighted by Gasteiger charge is -2.41. The molecule has 1 saturated heterocycles. The number of nitrogens with one attached hydrogen (secondary N) is 1. The fraction of sp³-hybridized carbons (Fsp3) is 0.389. The van der Waals surface area contributed by atoms with E-state index in [-0.39, 0.29) is 33.5 Å². The zero-order chi connectivity index (χ0) is 46.3. The minimum Gasteiger partial charge on any atom is -0.497 e. The van der Waals surface area contributed by atoms with Gasteiger partial charge in [-0.25, -0.2) is 4.79 Å². The average molecular weight is 660 g/mol. The van der Waals surface area contributed by atoms with Gasteiger partial charge in [0, 0.05) is 19.3 Å². The summed E-state index contributed by atoms with van der Waals surface area (Å²) in [7, 11) is -6.24. The number of aromatic nitrogens is 2. The quantitative estimate of drug-likeness (QED) is 0.159.